The van der Waals surface area contributed by atoms with E-state index >= 15 is 0 Å². The second-order valence-corrected chi connectivity index (χ2v) is 4.20. The first-order chi connectivity index (χ1) is 7.70. The number of nitrogens with zero attached hydrogens (tertiary/aromatic N) is 1. The van der Waals surface area contributed by atoms with Gasteiger partial charge in [0, 0.05) is 24.3 Å². The third-order valence-electron chi connectivity index (χ3n) is 2.98. The van der Waals surface area contributed by atoms with Crippen LogP contribution in [0.3, 0.4) is 0 Å². The molecule has 2 N–H and O–H groups in total. The van der Waals surface area contributed by atoms with Crippen LogP contribution in [-0.2, 0) is 0 Å². The van der Waals surface area contributed by atoms with Crippen molar-refractivity contribution < 1.29 is 4.74 Å². The average molecular weight is 255 g/mol. The van der Waals surface area contributed by atoms with E-state index in [4.69, 9.17) is 10.5 Å². The number of rotatable bonds is 2. The fourth-order valence-corrected chi connectivity index (χ4v) is 1.99. The first kappa shape index (κ1) is 13.9. The quantitative estimate of drug-likeness (QED) is 0.824. The van der Waals surface area contributed by atoms with Crippen LogP contribution < -0.4 is 10.5 Å². The van der Waals surface area contributed by atoms with Crippen molar-refractivity contribution >= 4 is 23.7 Å². The van der Waals surface area contributed by atoms with E-state index in [9.17, 15) is 0 Å². The van der Waals surface area contributed by atoms with Crippen molar-refractivity contribution in [3.63, 3.8) is 0 Å². The van der Waals surface area contributed by atoms with Gasteiger partial charge < -0.3 is 15.4 Å². The Morgan fingerprint density at radius 1 is 1.35 bits per heavy atom. The molecule has 0 saturated carbocycles. The lowest BCUT2D eigenvalue weighted by molar-refractivity contribution is 0.369. The van der Waals surface area contributed by atoms with Crippen molar-refractivity contribution in [1.29, 1.82) is 0 Å². The summed E-state index contributed by atoms with van der Waals surface area (Å²) in [5, 5.41) is 0. The number of nitrogens with two attached hydrogens (primary N) is 1. The zero-order valence-electron chi connectivity index (χ0n) is 10.3. The highest BCUT2D eigenvalue weighted by atomic mass is 35.5. The van der Waals surface area contributed by atoms with E-state index in [1.54, 1.807) is 7.11 Å². The third kappa shape index (κ3) is 3.14. The minimum atomic E-state index is 0. The SMILES string of the molecule is COc1ccc(N)cc1C1=CCN(C)CC1.Cl. The molecule has 2 rings (SSSR count). The zero-order chi connectivity index (χ0) is 11.5. The Hall–Kier alpha value is -1.19. The first-order valence-corrected chi connectivity index (χ1v) is 5.52. The fourth-order valence-electron chi connectivity index (χ4n) is 1.99. The van der Waals surface area contributed by atoms with E-state index in [0.29, 0.717) is 0 Å². The van der Waals surface area contributed by atoms with E-state index in [0.717, 1.165) is 36.5 Å². The minimum absolute atomic E-state index is 0. The summed E-state index contributed by atoms with van der Waals surface area (Å²) in [6.07, 6.45) is 3.30. The second kappa shape index (κ2) is 5.94. The highest BCUT2D eigenvalue weighted by molar-refractivity contribution is 5.85. The van der Waals surface area contributed by atoms with Gasteiger partial charge in [0.25, 0.3) is 0 Å². The van der Waals surface area contributed by atoms with E-state index in [1.807, 2.05) is 18.2 Å². The Bertz CT molecular complexity index is 418. The van der Waals surface area contributed by atoms with E-state index in [-0.39, 0.29) is 12.4 Å². The molecule has 0 atom stereocenters. The largest absolute Gasteiger partial charge is 0.496 e. The van der Waals surface area contributed by atoms with Crippen molar-refractivity contribution in [2.24, 2.45) is 0 Å². The molecule has 0 saturated heterocycles. The van der Waals surface area contributed by atoms with Crippen molar-refractivity contribution in [3.05, 3.63) is 29.8 Å². The lowest BCUT2D eigenvalue weighted by Gasteiger charge is -2.23. The number of benzene rings is 1. The molecule has 0 fully saturated rings. The minimum Gasteiger partial charge on any atom is -0.496 e. The van der Waals surface area contributed by atoms with Crippen molar-refractivity contribution in [2.45, 2.75) is 6.42 Å². The summed E-state index contributed by atoms with van der Waals surface area (Å²) in [5.41, 5.74) is 9.08. The van der Waals surface area contributed by atoms with Gasteiger partial charge in [-0.3, -0.25) is 0 Å². The van der Waals surface area contributed by atoms with Gasteiger partial charge in [0.1, 0.15) is 5.75 Å². The molecule has 1 aliphatic heterocycles. The van der Waals surface area contributed by atoms with Crippen LogP contribution >= 0.6 is 12.4 Å². The van der Waals surface area contributed by atoms with Gasteiger partial charge in [-0.1, -0.05) is 6.08 Å². The number of hydrogen-bond donors (Lipinski definition) is 1. The molecular formula is C13H19ClN2O. The van der Waals surface area contributed by atoms with Gasteiger partial charge in [-0.25, -0.2) is 0 Å². The molecule has 0 radical (unpaired) electrons. The highest BCUT2D eigenvalue weighted by Crippen LogP contribution is 2.31. The van der Waals surface area contributed by atoms with Gasteiger partial charge >= 0.3 is 0 Å². The standard InChI is InChI=1S/C13H18N2O.ClH/c1-15-7-5-10(6-8-15)12-9-11(14)3-4-13(12)16-2;/h3-5,9H,6-8,14H2,1-2H3;1H. The van der Waals surface area contributed by atoms with Gasteiger partial charge in [-0.05, 0) is 37.2 Å². The van der Waals surface area contributed by atoms with Crippen LogP contribution in [0.15, 0.2) is 24.3 Å². The van der Waals surface area contributed by atoms with Crippen LogP contribution in [0, 0.1) is 0 Å². The Kier molecular flexibility index (Phi) is 4.85. The van der Waals surface area contributed by atoms with Crippen LogP contribution in [0.2, 0.25) is 0 Å². The van der Waals surface area contributed by atoms with Crippen LogP contribution in [0.25, 0.3) is 5.57 Å². The molecule has 1 aliphatic rings. The number of likely N-dealkylation sites (N-methyl/N-ethyl adjacent to an activating group) is 1. The highest BCUT2D eigenvalue weighted by Gasteiger charge is 2.13. The maximum absolute atomic E-state index is 5.82. The second-order valence-electron chi connectivity index (χ2n) is 4.20. The van der Waals surface area contributed by atoms with Crippen molar-refractivity contribution in [2.75, 3.05) is 33.0 Å². The smallest absolute Gasteiger partial charge is 0.126 e. The number of halogens is 1. The monoisotopic (exact) mass is 254 g/mol. The number of hydrogen-bond acceptors (Lipinski definition) is 3. The van der Waals surface area contributed by atoms with Gasteiger partial charge in [0.15, 0.2) is 0 Å². The summed E-state index contributed by atoms with van der Waals surface area (Å²) in [7, 11) is 3.83. The summed E-state index contributed by atoms with van der Waals surface area (Å²) in [5.74, 6) is 0.907. The lowest BCUT2D eigenvalue weighted by atomic mass is 9.98. The predicted octanol–water partition coefficient (Wildman–Crippen LogP) is 2.42. The summed E-state index contributed by atoms with van der Waals surface area (Å²) in [6.45, 7) is 2.08. The van der Waals surface area contributed by atoms with Crippen LogP contribution in [0.5, 0.6) is 5.75 Å². The molecule has 1 heterocycles. The van der Waals surface area contributed by atoms with Crippen LogP contribution in [0.1, 0.15) is 12.0 Å². The van der Waals surface area contributed by atoms with Crippen molar-refractivity contribution in [1.82, 2.24) is 4.90 Å². The molecule has 0 amide bonds. The van der Waals surface area contributed by atoms with Crippen molar-refractivity contribution in [3.8, 4) is 5.75 Å². The molecule has 0 spiro atoms. The lowest BCUT2D eigenvalue weighted by Crippen LogP contribution is -2.23. The van der Waals surface area contributed by atoms with Gasteiger partial charge in [0.05, 0.1) is 7.11 Å². The average Bonchev–Trinajstić information content (AvgIpc) is 2.30. The fraction of sp³-hybridized carbons (Fsp3) is 0.385. The Balaban J connectivity index is 0.00000144. The molecule has 1 aromatic carbocycles. The molecule has 0 bridgehead atoms. The van der Waals surface area contributed by atoms with Gasteiger partial charge in [-0.2, -0.15) is 0 Å². The topological polar surface area (TPSA) is 38.5 Å². The number of anilines is 1. The Labute approximate surface area is 109 Å². The summed E-state index contributed by atoms with van der Waals surface area (Å²) in [6, 6.07) is 5.80. The Morgan fingerprint density at radius 2 is 2.12 bits per heavy atom. The maximum Gasteiger partial charge on any atom is 0.126 e. The summed E-state index contributed by atoms with van der Waals surface area (Å²) >= 11 is 0. The Morgan fingerprint density at radius 3 is 2.71 bits per heavy atom. The predicted molar refractivity (Wildman–Crippen MR) is 74.7 cm³/mol. The molecule has 4 heteroatoms. The zero-order valence-corrected chi connectivity index (χ0v) is 11.1. The van der Waals surface area contributed by atoms with E-state index < -0.39 is 0 Å². The molecule has 0 aromatic heterocycles. The maximum atomic E-state index is 5.82. The summed E-state index contributed by atoms with van der Waals surface area (Å²) in [4.78, 5) is 2.29. The summed E-state index contributed by atoms with van der Waals surface area (Å²) < 4.78 is 5.37. The number of methoxy groups -OCH3 is 1. The molecule has 17 heavy (non-hydrogen) atoms. The van der Waals surface area contributed by atoms with E-state index in [2.05, 4.69) is 18.0 Å². The van der Waals surface area contributed by atoms with Crippen LogP contribution in [0.4, 0.5) is 5.69 Å². The first-order valence-electron chi connectivity index (χ1n) is 5.52. The molecule has 0 aliphatic carbocycles. The van der Waals surface area contributed by atoms with Gasteiger partial charge in [-0.15, -0.1) is 12.4 Å². The normalized spacial score (nSPS) is 16.0. The number of nitrogen functional groups attached to an aromatic ring is 1. The van der Waals surface area contributed by atoms with Crippen LogP contribution in [-0.4, -0.2) is 32.1 Å². The molecule has 1 aromatic rings. The molecule has 0 unspecified atom stereocenters. The van der Waals surface area contributed by atoms with E-state index in [1.165, 1.54) is 5.57 Å². The molecule has 3 nitrogen and oxygen atoms in total. The molecular weight excluding hydrogens is 236 g/mol. The molecule has 94 valence electrons. The van der Waals surface area contributed by atoms with Gasteiger partial charge in [0.2, 0.25) is 0 Å². The number of ether oxygens (including phenoxy) is 1. The third-order valence-corrected chi connectivity index (χ3v) is 2.98.